The van der Waals surface area contributed by atoms with Gasteiger partial charge in [0, 0.05) is 5.39 Å². The molecule has 0 aliphatic carbocycles. The summed E-state index contributed by atoms with van der Waals surface area (Å²) >= 11 is 1.33. The molecule has 0 fully saturated rings. The van der Waals surface area contributed by atoms with Gasteiger partial charge >= 0.3 is 0 Å². The molecule has 25 heavy (non-hydrogen) atoms. The van der Waals surface area contributed by atoms with E-state index in [0.717, 1.165) is 15.6 Å². The molecule has 2 N–H and O–H groups in total. The maximum atomic E-state index is 12.4. The van der Waals surface area contributed by atoms with Crippen molar-refractivity contribution in [3.63, 3.8) is 0 Å². The molecule has 0 spiro atoms. The van der Waals surface area contributed by atoms with Crippen molar-refractivity contribution >= 4 is 38.4 Å². The summed E-state index contributed by atoms with van der Waals surface area (Å²) in [5.74, 6) is 0.107. The van der Waals surface area contributed by atoms with E-state index in [0.29, 0.717) is 16.4 Å². The lowest BCUT2D eigenvalue weighted by molar-refractivity contribution is 0.0344. The van der Waals surface area contributed by atoms with Crippen molar-refractivity contribution < 1.29 is 14.3 Å². The Bertz CT molecular complexity index is 999. The summed E-state index contributed by atoms with van der Waals surface area (Å²) in [6, 6.07) is 16.9. The fraction of sp³-hybridized carbons (Fsp3) is 0.158. The Kier molecular flexibility index (Phi) is 3.78. The molecule has 2 aromatic carbocycles. The van der Waals surface area contributed by atoms with Crippen molar-refractivity contribution in [2.45, 2.75) is 12.5 Å². The number of hydrogen-bond donors (Lipinski definition) is 2. The lowest BCUT2D eigenvalue weighted by Crippen LogP contribution is -2.38. The summed E-state index contributed by atoms with van der Waals surface area (Å²) in [7, 11) is 0. The number of carbonyl (C=O) groups is 1. The molecule has 5 nitrogen and oxygen atoms in total. The molecule has 2 heterocycles. The average Bonchev–Trinajstić information content (AvgIpc) is 3.23. The number of rotatable bonds is 4. The van der Waals surface area contributed by atoms with Crippen LogP contribution in [0.3, 0.4) is 0 Å². The number of nitrogens with one attached hydrogen (secondary N) is 1. The summed E-state index contributed by atoms with van der Waals surface area (Å²) in [6.07, 6.45) is 0. The van der Waals surface area contributed by atoms with Crippen LogP contribution < -0.4 is 5.32 Å². The maximum absolute atomic E-state index is 12.4. The quantitative estimate of drug-likeness (QED) is 0.587. The summed E-state index contributed by atoms with van der Waals surface area (Å²) in [4.78, 5) is 16.7. The van der Waals surface area contributed by atoms with Crippen molar-refractivity contribution in [3.8, 4) is 0 Å². The second kappa shape index (κ2) is 5.98. The standard InChI is InChI=1S/C19H16N2O3S/c1-19(23,16-10-12-6-2-4-8-14(12)24-16)11-20-17(22)18-21-13-7-3-5-9-15(13)25-18/h2-10,23H,11H2,1H3,(H,20,22). The van der Waals surface area contributed by atoms with Gasteiger partial charge in [0.2, 0.25) is 0 Å². The van der Waals surface area contributed by atoms with Gasteiger partial charge in [0.15, 0.2) is 5.01 Å². The zero-order chi connectivity index (χ0) is 17.4. The van der Waals surface area contributed by atoms with Crippen LogP contribution in [0.5, 0.6) is 0 Å². The number of carbonyl (C=O) groups excluding carboxylic acids is 1. The Morgan fingerprint density at radius 2 is 2.00 bits per heavy atom. The van der Waals surface area contributed by atoms with E-state index in [1.807, 2.05) is 48.5 Å². The predicted molar refractivity (Wildman–Crippen MR) is 97.7 cm³/mol. The van der Waals surface area contributed by atoms with Crippen LogP contribution in [0.25, 0.3) is 21.2 Å². The molecule has 1 amide bonds. The van der Waals surface area contributed by atoms with E-state index in [1.165, 1.54) is 11.3 Å². The minimum atomic E-state index is -1.31. The first-order chi connectivity index (χ1) is 12.0. The van der Waals surface area contributed by atoms with E-state index in [2.05, 4.69) is 10.3 Å². The van der Waals surface area contributed by atoms with Crippen LogP contribution in [0.4, 0.5) is 0 Å². The van der Waals surface area contributed by atoms with Gasteiger partial charge in [0.25, 0.3) is 5.91 Å². The van der Waals surface area contributed by atoms with Crippen LogP contribution in [-0.2, 0) is 5.60 Å². The Morgan fingerprint density at radius 1 is 1.24 bits per heavy atom. The third-order valence-corrected chi connectivity index (χ3v) is 5.07. The van der Waals surface area contributed by atoms with Gasteiger partial charge in [-0.3, -0.25) is 4.79 Å². The fourth-order valence-electron chi connectivity index (χ4n) is 2.63. The second-order valence-electron chi connectivity index (χ2n) is 6.09. The molecule has 1 unspecified atom stereocenters. The molecule has 126 valence electrons. The minimum absolute atomic E-state index is 0.0293. The maximum Gasteiger partial charge on any atom is 0.280 e. The van der Waals surface area contributed by atoms with E-state index < -0.39 is 5.60 Å². The zero-order valence-corrected chi connectivity index (χ0v) is 14.3. The van der Waals surface area contributed by atoms with Gasteiger partial charge in [-0.1, -0.05) is 30.3 Å². The molecule has 0 radical (unpaired) electrons. The molecule has 4 rings (SSSR count). The average molecular weight is 352 g/mol. The van der Waals surface area contributed by atoms with Crippen LogP contribution in [0.2, 0.25) is 0 Å². The van der Waals surface area contributed by atoms with E-state index in [1.54, 1.807) is 13.0 Å². The van der Waals surface area contributed by atoms with Gasteiger partial charge in [-0.2, -0.15) is 0 Å². The summed E-state index contributed by atoms with van der Waals surface area (Å²) in [6.45, 7) is 1.64. The molecule has 1 atom stereocenters. The van der Waals surface area contributed by atoms with Crippen LogP contribution in [-0.4, -0.2) is 22.5 Å². The van der Waals surface area contributed by atoms with Gasteiger partial charge in [-0.15, -0.1) is 11.3 Å². The highest BCUT2D eigenvalue weighted by molar-refractivity contribution is 7.20. The number of furan rings is 1. The fourth-order valence-corrected chi connectivity index (χ4v) is 3.51. The Hall–Kier alpha value is -2.70. The van der Waals surface area contributed by atoms with Crippen LogP contribution in [0.15, 0.2) is 59.0 Å². The van der Waals surface area contributed by atoms with Crippen molar-refractivity contribution in [1.29, 1.82) is 0 Å². The number of nitrogens with zero attached hydrogens (tertiary/aromatic N) is 1. The SMILES string of the molecule is CC(O)(CNC(=O)c1nc2ccccc2s1)c1cc2ccccc2o1. The van der Waals surface area contributed by atoms with E-state index >= 15 is 0 Å². The van der Waals surface area contributed by atoms with Crippen molar-refractivity contribution in [2.24, 2.45) is 0 Å². The number of aliphatic hydroxyl groups is 1. The number of thiazole rings is 1. The molecule has 0 bridgehead atoms. The Morgan fingerprint density at radius 3 is 2.80 bits per heavy atom. The number of hydrogen-bond acceptors (Lipinski definition) is 5. The minimum Gasteiger partial charge on any atom is -0.458 e. The number of para-hydroxylation sites is 2. The third kappa shape index (κ3) is 3.01. The molecule has 2 aromatic heterocycles. The highest BCUT2D eigenvalue weighted by Gasteiger charge is 2.28. The normalized spacial score (nSPS) is 13.8. The van der Waals surface area contributed by atoms with Crippen LogP contribution in [0.1, 0.15) is 22.5 Å². The molecule has 0 saturated heterocycles. The zero-order valence-electron chi connectivity index (χ0n) is 13.5. The van der Waals surface area contributed by atoms with Crippen LogP contribution >= 0.6 is 11.3 Å². The molecular weight excluding hydrogens is 336 g/mol. The number of amides is 1. The lowest BCUT2D eigenvalue weighted by Gasteiger charge is -2.20. The molecule has 0 saturated carbocycles. The van der Waals surface area contributed by atoms with Gasteiger partial charge in [0.05, 0.1) is 16.8 Å². The van der Waals surface area contributed by atoms with E-state index in [4.69, 9.17) is 4.42 Å². The first-order valence-electron chi connectivity index (χ1n) is 7.88. The largest absolute Gasteiger partial charge is 0.458 e. The van der Waals surface area contributed by atoms with Gasteiger partial charge in [0.1, 0.15) is 16.9 Å². The first kappa shape index (κ1) is 15.8. The summed E-state index contributed by atoms with van der Waals surface area (Å²) in [5.41, 5.74) is 0.183. The van der Waals surface area contributed by atoms with E-state index in [9.17, 15) is 9.90 Å². The summed E-state index contributed by atoms with van der Waals surface area (Å²) in [5, 5.41) is 14.7. The van der Waals surface area contributed by atoms with Crippen LogP contribution in [0, 0.1) is 0 Å². The number of fused-ring (bicyclic) bond motifs is 2. The highest BCUT2D eigenvalue weighted by atomic mass is 32.1. The lowest BCUT2D eigenvalue weighted by atomic mass is 10.0. The number of benzene rings is 2. The molecule has 6 heteroatoms. The van der Waals surface area contributed by atoms with Crippen molar-refractivity contribution in [3.05, 3.63) is 65.4 Å². The molecule has 4 aromatic rings. The van der Waals surface area contributed by atoms with E-state index in [-0.39, 0.29) is 12.5 Å². The van der Waals surface area contributed by atoms with Gasteiger partial charge < -0.3 is 14.8 Å². The molecular formula is C19H16N2O3S. The molecule has 0 aliphatic rings. The molecule has 0 aliphatic heterocycles. The topological polar surface area (TPSA) is 75.4 Å². The van der Waals surface area contributed by atoms with Crippen molar-refractivity contribution in [2.75, 3.05) is 6.54 Å². The highest BCUT2D eigenvalue weighted by Crippen LogP contribution is 2.28. The first-order valence-corrected chi connectivity index (χ1v) is 8.70. The second-order valence-corrected chi connectivity index (χ2v) is 7.12. The Labute approximate surface area is 147 Å². The predicted octanol–water partition coefficient (Wildman–Crippen LogP) is 3.68. The smallest absolute Gasteiger partial charge is 0.280 e. The Balaban J connectivity index is 1.51. The third-order valence-electron chi connectivity index (χ3n) is 4.04. The van der Waals surface area contributed by atoms with Crippen molar-refractivity contribution in [1.82, 2.24) is 10.3 Å². The summed E-state index contributed by atoms with van der Waals surface area (Å²) < 4.78 is 6.66. The monoisotopic (exact) mass is 352 g/mol. The van der Waals surface area contributed by atoms with Gasteiger partial charge in [-0.25, -0.2) is 4.98 Å². The van der Waals surface area contributed by atoms with Gasteiger partial charge in [-0.05, 0) is 31.2 Å². The number of aromatic nitrogens is 1.